The third-order valence-corrected chi connectivity index (χ3v) is 6.53. The summed E-state index contributed by atoms with van der Waals surface area (Å²) in [5.41, 5.74) is 6.86. The Balaban J connectivity index is 1.44. The molecule has 1 aliphatic rings. The molecule has 1 saturated heterocycles. The van der Waals surface area contributed by atoms with Gasteiger partial charge in [-0.25, -0.2) is 18.4 Å². The second-order valence-corrected chi connectivity index (χ2v) is 8.35. The number of rotatable bonds is 4. The first-order valence-electron chi connectivity index (χ1n) is 8.68. The minimum absolute atomic E-state index is 0.226. The molecule has 0 atom stereocenters. The van der Waals surface area contributed by atoms with Gasteiger partial charge in [-0.1, -0.05) is 12.1 Å². The summed E-state index contributed by atoms with van der Waals surface area (Å²) in [4.78, 5) is 15.2. The van der Waals surface area contributed by atoms with Crippen LogP contribution in [0.4, 0.5) is 5.82 Å². The van der Waals surface area contributed by atoms with Crippen LogP contribution in [0, 0.1) is 0 Å². The van der Waals surface area contributed by atoms with Crippen molar-refractivity contribution in [3.05, 3.63) is 54.6 Å². The molecule has 2 N–H and O–H groups in total. The van der Waals surface area contributed by atoms with E-state index < -0.39 is 10.0 Å². The Labute approximate surface area is 157 Å². The third-order valence-electron chi connectivity index (χ3n) is 4.65. The largest absolute Gasteiger partial charge is 0.383 e. The minimum atomic E-state index is -3.50. The molecule has 0 amide bonds. The number of sulfonamides is 1. The van der Waals surface area contributed by atoms with E-state index in [9.17, 15) is 8.42 Å². The molecule has 0 unspecified atom stereocenters. The van der Waals surface area contributed by atoms with Crippen LogP contribution in [0.5, 0.6) is 0 Å². The molecule has 2 aromatic heterocycles. The van der Waals surface area contributed by atoms with E-state index in [0.29, 0.717) is 44.4 Å². The smallest absolute Gasteiger partial charge is 0.244 e. The first-order valence-corrected chi connectivity index (χ1v) is 10.1. The molecular weight excluding hydrogens is 364 g/mol. The Bertz CT molecular complexity index is 1050. The monoisotopic (exact) mass is 384 g/mol. The van der Waals surface area contributed by atoms with Gasteiger partial charge in [0.15, 0.2) is 0 Å². The Morgan fingerprint density at radius 1 is 1.00 bits per heavy atom. The predicted molar refractivity (Wildman–Crippen MR) is 102 cm³/mol. The Morgan fingerprint density at radius 2 is 1.78 bits per heavy atom. The summed E-state index contributed by atoms with van der Waals surface area (Å²) in [5, 5.41) is 0.841. The molecule has 1 fully saturated rings. The number of anilines is 1. The van der Waals surface area contributed by atoms with E-state index >= 15 is 0 Å². The minimum Gasteiger partial charge on any atom is -0.383 e. The highest BCUT2D eigenvalue weighted by Gasteiger charge is 2.28. The number of nitrogen functional groups attached to an aromatic ring is 1. The molecule has 0 saturated carbocycles. The molecule has 0 aliphatic carbocycles. The summed E-state index contributed by atoms with van der Waals surface area (Å²) in [5.74, 6) is 1.11. The predicted octanol–water partition coefficient (Wildman–Crippen LogP) is 1.11. The van der Waals surface area contributed by atoms with E-state index in [1.54, 1.807) is 18.3 Å². The second kappa shape index (κ2) is 7.18. The summed E-state index contributed by atoms with van der Waals surface area (Å²) in [6.07, 6.45) is 2.94. The van der Waals surface area contributed by atoms with Crippen molar-refractivity contribution in [2.75, 3.05) is 31.9 Å². The van der Waals surface area contributed by atoms with Crippen LogP contribution in [0.15, 0.2) is 53.7 Å². The van der Waals surface area contributed by atoms with Crippen LogP contribution >= 0.6 is 0 Å². The normalized spacial score (nSPS) is 16.6. The number of pyridine rings is 1. The van der Waals surface area contributed by atoms with E-state index in [4.69, 9.17) is 5.73 Å². The van der Waals surface area contributed by atoms with Gasteiger partial charge in [-0.05, 0) is 24.3 Å². The van der Waals surface area contributed by atoms with Crippen molar-refractivity contribution >= 4 is 26.7 Å². The summed E-state index contributed by atoms with van der Waals surface area (Å²) < 4.78 is 26.8. The van der Waals surface area contributed by atoms with E-state index in [-0.39, 0.29) is 4.90 Å². The van der Waals surface area contributed by atoms with Crippen molar-refractivity contribution in [1.82, 2.24) is 24.2 Å². The lowest BCUT2D eigenvalue weighted by atomic mass is 10.2. The van der Waals surface area contributed by atoms with Crippen LogP contribution < -0.4 is 5.73 Å². The van der Waals surface area contributed by atoms with Gasteiger partial charge in [-0.2, -0.15) is 4.31 Å². The fourth-order valence-corrected chi connectivity index (χ4v) is 4.59. The quantitative estimate of drug-likeness (QED) is 0.718. The molecule has 4 rings (SSSR count). The molecule has 9 heteroatoms. The first-order chi connectivity index (χ1) is 13.0. The number of hydrogen-bond acceptors (Lipinski definition) is 7. The molecule has 8 nitrogen and oxygen atoms in total. The summed E-state index contributed by atoms with van der Waals surface area (Å²) >= 11 is 0. The lowest BCUT2D eigenvalue weighted by Crippen LogP contribution is -2.48. The molecular formula is C18H20N6O2S. The van der Waals surface area contributed by atoms with Gasteiger partial charge >= 0.3 is 0 Å². The summed E-state index contributed by atoms with van der Waals surface area (Å²) in [6.45, 7) is 2.58. The number of hydrogen-bond donors (Lipinski definition) is 1. The van der Waals surface area contributed by atoms with Gasteiger partial charge in [0, 0.05) is 44.0 Å². The number of aromatic nitrogens is 3. The number of fused-ring (bicyclic) bond motifs is 1. The van der Waals surface area contributed by atoms with Crippen LogP contribution in [0.25, 0.3) is 10.9 Å². The second-order valence-electron chi connectivity index (χ2n) is 6.41. The maximum absolute atomic E-state index is 12.7. The van der Waals surface area contributed by atoms with Crippen LogP contribution in [-0.2, 0) is 16.6 Å². The van der Waals surface area contributed by atoms with Gasteiger partial charge in [0.25, 0.3) is 0 Å². The number of benzene rings is 1. The zero-order valence-corrected chi connectivity index (χ0v) is 15.5. The molecule has 0 bridgehead atoms. The van der Waals surface area contributed by atoms with Gasteiger partial charge in [-0.3, -0.25) is 9.88 Å². The topological polar surface area (TPSA) is 105 Å². The number of para-hydroxylation sites is 1. The van der Waals surface area contributed by atoms with Crippen molar-refractivity contribution in [3.8, 4) is 0 Å². The summed E-state index contributed by atoms with van der Waals surface area (Å²) in [7, 11) is -3.50. The van der Waals surface area contributed by atoms with E-state index in [2.05, 4.69) is 19.9 Å². The van der Waals surface area contributed by atoms with Gasteiger partial charge in [0.1, 0.15) is 16.5 Å². The molecule has 140 valence electrons. The van der Waals surface area contributed by atoms with Gasteiger partial charge in [0.2, 0.25) is 10.0 Å². The lowest BCUT2D eigenvalue weighted by molar-refractivity contribution is 0.178. The zero-order valence-electron chi connectivity index (χ0n) is 14.7. The lowest BCUT2D eigenvalue weighted by Gasteiger charge is -2.33. The fraction of sp³-hybridized carbons (Fsp3) is 0.278. The molecule has 3 heterocycles. The first kappa shape index (κ1) is 17.8. The maximum atomic E-state index is 12.7. The molecule has 27 heavy (non-hydrogen) atoms. The van der Waals surface area contributed by atoms with E-state index in [0.717, 1.165) is 10.9 Å². The van der Waals surface area contributed by atoms with Crippen molar-refractivity contribution in [1.29, 1.82) is 0 Å². The molecule has 1 aromatic carbocycles. The molecule has 0 spiro atoms. The SMILES string of the molecule is Nc1nc(CN2CCN(S(=O)(=O)c3cccnc3)CC2)nc2ccccc12. The summed E-state index contributed by atoms with van der Waals surface area (Å²) in [6, 6.07) is 10.8. The van der Waals surface area contributed by atoms with E-state index in [1.165, 1.54) is 10.5 Å². The van der Waals surface area contributed by atoms with Crippen LogP contribution in [0.3, 0.4) is 0 Å². The van der Waals surface area contributed by atoms with Crippen LogP contribution in [0.2, 0.25) is 0 Å². The third kappa shape index (κ3) is 3.61. The van der Waals surface area contributed by atoms with Crippen LogP contribution in [0.1, 0.15) is 5.82 Å². The molecule has 3 aromatic rings. The highest BCUT2D eigenvalue weighted by Crippen LogP contribution is 2.19. The van der Waals surface area contributed by atoms with Gasteiger partial charge < -0.3 is 5.73 Å². The van der Waals surface area contributed by atoms with Gasteiger partial charge in [0.05, 0.1) is 12.1 Å². The maximum Gasteiger partial charge on any atom is 0.244 e. The average molecular weight is 384 g/mol. The average Bonchev–Trinajstić information content (AvgIpc) is 2.69. The highest BCUT2D eigenvalue weighted by molar-refractivity contribution is 7.89. The van der Waals surface area contributed by atoms with Crippen molar-refractivity contribution in [2.24, 2.45) is 0 Å². The Hall–Kier alpha value is -2.62. The Morgan fingerprint density at radius 3 is 2.52 bits per heavy atom. The zero-order chi connectivity index (χ0) is 18.9. The Kier molecular flexibility index (Phi) is 4.73. The van der Waals surface area contributed by atoms with Crippen LogP contribution in [-0.4, -0.2) is 58.8 Å². The van der Waals surface area contributed by atoms with Crippen molar-refractivity contribution in [3.63, 3.8) is 0 Å². The number of nitrogens with two attached hydrogens (primary N) is 1. The number of piperazine rings is 1. The van der Waals surface area contributed by atoms with Crippen molar-refractivity contribution in [2.45, 2.75) is 11.4 Å². The standard InChI is InChI=1S/C18H20N6O2S/c19-18-15-5-1-2-6-16(15)21-17(22-18)13-23-8-10-24(11-9-23)27(25,26)14-4-3-7-20-12-14/h1-7,12H,8-11,13H2,(H2,19,21,22). The fourth-order valence-electron chi connectivity index (χ4n) is 3.20. The van der Waals surface area contributed by atoms with Gasteiger partial charge in [-0.15, -0.1) is 0 Å². The molecule has 0 radical (unpaired) electrons. The van der Waals surface area contributed by atoms with Crippen molar-refractivity contribution < 1.29 is 8.42 Å². The highest BCUT2D eigenvalue weighted by atomic mass is 32.2. The van der Waals surface area contributed by atoms with E-state index in [1.807, 2.05) is 24.3 Å². The molecule has 1 aliphatic heterocycles. The number of nitrogens with zero attached hydrogens (tertiary/aromatic N) is 5.